The van der Waals surface area contributed by atoms with Crippen molar-refractivity contribution >= 4 is 29.9 Å². The van der Waals surface area contributed by atoms with Crippen LogP contribution in [0.5, 0.6) is 0 Å². The fourth-order valence-corrected chi connectivity index (χ4v) is 4.16. The monoisotopic (exact) mass is 452 g/mol. The summed E-state index contributed by atoms with van der Waals surface area (Å²) < 4.78 is 0. The molecule has 2 heterocycles. The number of benzene rings is 1. The highest BCUT2D eigenvalue weighted by Crippen LogP contribution is 2.46. The van der Waals surface area contributed by atoms with Gasteiger partial charge in [0.25, 0.3) is 0 Å². The van der Waals surface area contributed by atoms with Crippen LogP contribution in [0, 0.1) is 5.92 Å². The number of hydrogen-bond acceptors (Lipinski definition) is 2. The van der Waals surface area contributed by atoms with Gasteiger partial charge in [-0.05, 0) is 30.2 Å². The van der Waals surface area contributed by atoms with E-state index in [0.29, 0.717) is 6.04 Å². The lowest BCUT2D eigenvalue weighted by molar-refractivity contribution is 0.259. The average molecular weight is 452 g/mol. The predicted molar refractivity (Wildman–Crippen MR) is 115 cm³/mol. The lowest BCUT2D eigenvalue weighted by Gasteiger charge is -2.25. The van der Waals surface area contributed by atoms with E-state index in [4.69, 9.17) is 0 Å². The normalized spacial score (nSPS) is 28.9. The zero-order valence-electron chi connectivity index (χ0n) is 15.0. The molecular weight excluding hydrogens is 423 g/mol. The molecule has 3 unspecified atom stereocenters. The standard InChI is InChI=1S/C20H28N4.HI/c1-21-20(24-12-9-18(15-24)23-10-5-6-11-23)22-14-17-13-19(17)16-7-3-2-4-8-16;/h2-8,17-19H,9-15H2,1H3,(H,21,22);1H. The summed E-state index contributed by atoms with van der Waals surface area (Å²) in [6.45, 7) is 5.50. The van der Waals surface area contributed by atoms with Crippen molar-refractivity contribution in [3.63, 3.8) is 0 Å². The van der Waals surface area contributed by atoms with E-state index < -0.39 is 0 Å². The Kier molecular flexibility index (Phi) is 6.39. The van der Waals surface area contributed by atoms with Crippen molar-refractivity contribution in [1.29, 1.82) is 0 Å². The third-order valence-electron chi connectivity index (χ3n) is 5.71. The zero-order chi connectivity index (χ0) is 16.4. The van der Waals surface area contributed by atoms with Gasteiger partial charge >= 0.3 is 0 Å². The van der Waals surface area contributed by atoms with Crippen molar-refractivity contribution in [3.05, 3.63) is 48.0 Å². The number of nitrogens with one attached hydrogen (secondary N) is 1. The van der Waals surface area contributed by atoms with Crippen molar-refractivity contribution in [2.24, 2.45) is 10.9 Å². The van der Waals surface area contributed by atoms with Gasteiger partial charge in [-0.25, -0.2) is 0 Å². The second-order valence-corrected chi connectivity index (χ2v) is 7.25. The molecular formula is C20H29IN4. The molecule has 1 aromatic carbocycles. The van der Waals surface area contributed by atoms with Gasteiger partial charge in [-0.3, -0.25) is 9.89 Å². The van der Waals surface area contributed by atoms with Crippen molar-refractivity contribution in [2.45, 2.75) is 24.8 Å². The molecule has 1 saturated heterocycles. The molecule has 1 aromatic rings. The summed E-state index contributed by atoms with van der Waals surface area (Å²) in [5.41, 5.74) is 1.49. The minimum Gasteiger partial charge on any atom is -0.356 e. The maximum absolute atomic E-state index is 4.53. The number of likely N-dealkylation sites (tertiary alicyclic amines) is 1. The van der Waals surface area contributed by atoms with Gasteiger partial charge < -0.3 is 10.2 Å². The number of rotatable bonds is 4. The highest BCUT2D eigenvalue weighted by molar-refractivity contribution is 14.0. The molecule has 2 fully saturated rings. The Bertz CT molecular complexity index is 607. The second-order valence-electron chi connectivity index (χ2n) is 7.25. The maximum atomic E-state index is 4.53. The molecule has 3 aliphatic rings. The minimum atomic E-state index is 0. The predicted octanol–water partition coefficient (Wildman–Crippen LogP) is 2.93. The highest BCUT2D eigenvalue weighted by atomic mass is 127. The molecule has 5 heteroatoms. The Morgan fingerprint density at radius 2 is 1.96 bits per heavy atom. The van der Waals surface area contributed by atoms with Crippen LogP contribution in [-0.2, 0) is 0 Å². The summed E-state index contributed by atoms with van der Waals surface area (Å²) in [7, 11) is 1.91. The minimum absolute atomic E-state index is 0. The molecule has 1 saturated carbocycles. The average Bonchev–Trinajstić information content (AvgIpc) is 3.02. The van der Waals surface area contributed by atoms with E-state index in [0.717, 1.165) is 50.5 Å². The molecule has 25 heavy (non-hydrogen) atoms. The van der Waals surface area contributed by atoms with Crippen LogP contribution in [0.25, 0.3) is 0 Å². The van der Waals surface area contributed by atoms with Crippen LogP contribution in [0.4, 0.5) is 0 Å². The van der Waals surface area contributed by atoms with Gasteiger partial charge in [0.1, 0.15) is 0 Å². The topological polar surface area (TPSA) is 30.9 Å². The number of nitrogens with zero attached hydrogens (tertiary/aromatic N) is 3. The first kappa shape index (κ1) is 18.7. The van der Waals surface area contributed by atoms with Gasteiger partial charge in [0.05, 0.1) is 0 Å². The Balaban J connectivity index is 0.00000182. The van der Waals surface area contributed by atoms with Crippen LogP contribution in [-0.4, -0.2) is 61.6 Å². The molecule has 1 aliphatic carbocycles. The third kappa shape index (κ3) is 4.37. The molecule has 3 atom stereocenters. The SMILES string of the molecule is CN=C(NCC1CC1c1ccccc1)N1CCC(N2CC=CC2)C1.I. The van der Waals surface area contributed by atoms with Crippen LogP contribution < -0.4 is 5.32 Å². The van der Waals surface area contributed by atoms with Gasteiger partial charge in [-0.15, -0.1) is 24.0 Å². The van der Waals surface area contributed by atoms with Crippen LogP contribution >= 0.6 is 24.0 Å². The van der Waals surface area contributed by atoms with Crippen LogP contribution in [0.1, 0.15) is 24.3 Å². The van der Waals surface area contributed by atoms with E-state index in [1.807, 2.05) is 7.05 Å². The first-order valence-electron chi connectivity index (χ1n) is 9.24. The molecule has 2 aliphatic heterocycles. The molecule has 4 nitrogen and oxygen atoms in total. The Morgan fingerprint density at radius 3 is 2.68 bits per heavy atom. The van der Waals surface area contributed by atoms with Crippen LogP contribution in [0.3, 0.4) is 0 Å². The van der Waals surface area contributed by atoms with E-state index in [1.54, 1.807) is 0 Å². The van der Waals surface area contributed by atoms with Crippen molar-refractivity contribution in [1.82, 2.24) is 15.1 Å². The summed E-state index contributed by atoms with van der Waals surface area (Å²) in [6, 6.07) is 11.6. The van der Waals surface area contributed by atoms with Gasteiger partial charge in [0, 0.05) is 45.8 Å². The number of hydrogen-bond donors (Lipinski definition) is 1. The Morgan fingerprint density at radius 1 is 1.20 bits per heavy atom. The fourth-order valence-electron chi connectivity index (χ4n) is 4.16. The first-order chi connectivity index (χ1) is 11.8. The molecule has 0 spiro atoms. The van der Waals surface area contributed by atoms with Crippen molar-refractivity contribution < 1.29 is 0 Å². The molecule has 0 bridgehead atoms. The quantitative estimate of drug-likeness (QED) is 0.330. The lowest BCUT2D eigenvalue weighted by Crippen LogP contribution is -2.43. The summed E-state index contributed by atoms with van der Waals surface area (Å²) in [4.78, 5) is 9.53. The zero-order valence-corrected chi connectivity index (χ0v) is 17.3. The highest BCUT2D eigenvalue weighted by Gasteiger charge is 2.38. The van der Waals surface area contributed by atoms with Gasteiger partial charge in [0.2, 0.25) is 0 Å². The molecule has 0 aromatic heterocycles. The molecule has 1 N–H and O–H groups in total. The van der Waals surface area contributed by atoms with Crippen molar-refractivity contribution in [2.75, 3.05) is 39.8 Å². The molecule has 0 amide bonds. The number of halogens is 1. The molecule has 0 radical (unpaired) electrons. The van der Waals surface area contributed by atoms with E-state index in [9.17, 15) is 0 Å². The number of aliphatic imine (C=N–C) groups is 1. The lowest BCUT2D eigenvalue weighted by atomic mass is 10.1. The summed E-state index contributed by atoms with van der Waals surface area (Å²) >= 11 is 0. The van der Waals surface area contributed by atoms with E-state index in [2.05, 4.69) is 62.6 Å². The third-order valence-corrected chi connectivity index (χ3v) is 5.71. The molecule has 136 valence electrons. The van der Waals surface area contributed by atoms with Crippen molar-refractivity contribution in [3.8, 4) is 0 Å². The maximum Gasteiger partial charge on any atom is 0.193 e. The first-order valence-corrected chi connectivity index (χ1v) is 9.24. The Labute approximate surface area is 168 Å². The summed E-state index contributed by atoms with van der Waals surface area (Å²) in [5.74, 6) is 2.58. The van der Waals surface area contributed by atoms with Gasteiger partial charge in [-0.2, -0.15) is 0 Å². The fraction of sp³-hybridized carbons (Fsp3) is 0.550. The van der Waals surface area contributed by atoms with E-state index in [1.165, 1.54) is 18.4 Å². The van der Waals surface area contributed by atoms with Crippen LogP contribution in [0.2, 0.25) is 0 Å². The Hall–Kier alpha value is -1.08. The summed E-state index contributed by atoms with van der Waals surface area (Å²) in [6.07, 6.45) is 7.12. The van der Waals surface area contributed by atoms with E-state index in [-0.39, 0.29) is 24.0 Å². The summed E-state index contributed by atoms with van der Waals surface area (Å²) in [5, 5.41) is 3.63. The van der Waals surface area contributed by atoms with E-state index >= 15 is 0 Å². The number of guanidine groups is 1. The molecule has 4 rings (SSSR count). The smallest absolute Gasteiger partial charge is 0.193 e. The van der Waals surface area contributed by atoms with Gasteiger partial charge in [0.15, 0.2) is 5.96 Å². The largest absolute Gasteiger partial charge is 0.356 e. The van der Waals surface area contributed by atoms with Crippen LogP contribution in [0.15, 0.2) is 47.5 Å². The van der Waals surface area contributed by atoms with Gasteiger partial charge in [-0.1, -0.05) is 42.5 Å². The second kappa shape index (κ2) is 8.54.